The highest BCUT2D eigenvalue weighted by Gasteiger charge is 2.21. The topological polar surface area (TPSA) is 94.4 Å². The molecule has 8 nitrogen and oxygen atoms in total. The quantitative estimate of drug-likeness (QED) is 0.683. The minimum atomic E-state index is -0.0120. The van der Waals surface area contributed by atoms with E-state index < -0.39 is 0 Å². The first-order valence-electron chi connectivity index (χ1n) is 8.93. The number of nitrogens with zero attached hydrogens (tertiary/aromatic N) is 4. The van der Waals surface area contributed by atoms with E-state index in [0.717, 1.165) is 11.1 Å². The summed E-state index contributed by atoms with van der Waals surface area (Å²) < 4.78 is 12.0. The van der Waals surface area contributed by atoms with Crippen LogP contribution >= 0.6 is 0 Å². The van der Waals surface area contributed by atoms with E-state index in [0.29, 0.717) is 56.2 Å². The van der Waals surface area contributed by atoms with Gasteiger partial charge in [0.2, 0.25) is 17.6 Å². The van der Waals surface area contributed by atoms with E-state index in [-0.39, 0.29) is 11.5 Å². The van der Waals surface area contributed by atoms with E-state index in [2.05, 4.69) is 10.1 Å². The first kappa shape index (κ1) is 17.3. The lowest BCUT2D eigenvalue weighted by atomic mass is 10.0. The van der Waals surface area contributed by atoms with Crippen LogP contribution in [0.3, 0.4) is 0 Å². The summed E-state index contributed by atoms with van der Waals surface area (Å²) in [6.07, 6.45) is 5.69. The van der Waals surface area contributed by atoms with Gasteiger partial charge in [0.05, 0.1) is 6.26 Å². The van der Waals surface area contributed by atoms with Crippen molar-refractivity contribution in [2.24, 2.45) is 7.05 Å². The summed E-state index contributed by atoms with van der Waals surface area (Å²) in [5.74, 6) is 1.57. The number of amides is 1. The van der Waals surface area contributed by atoms with Gasteiger partial charge >= 0.3 is 0 Å². The Morgan fingerprint density at radius 2 is 2.22 bits per heavy atom. The molecule has 1 amide bonds. The first-order valence-corrected chi connectivity index (χ1v) is 8.93. The molecule has 0 saturated carbocycles. The fourth-order valence-corrected chi connectivity index (χ4v) is 3.26. The fourth-order valence-electron chi connectivity index (χ4n) is 3.26. The van der Waals surface area contributed by atoms with Crippen molar-refractivity contribution in [2.75, 3.05) is 6.54 Å². The molecule has 0 atom stereocenters. The van der Waals surface area contributed by atoms with Gasteiger partial charge in [0, 0.05) is 45.2 Å². The van der Waals surface area contributed by atoms with Crippen LogP contribution in [0.2, 0.25) is 0 Å². The molecule has 140 valence electrons. The van der Waals surface area contributed by atoms with Crippen LogP contribution in [-0.4, -0.2) is 32.1 Å². The zero-order valence-corrected chi connectivity index (χ0v) is 15.1. The average Bonchev–Trinajstić information content (AvgIpc) is 3.33. The Morgan fingerprint density at radius 3 is 3.04 bits per heavy atom. The van der Waals surface area contributed by atoms with Crippen LogP contribution in [0, 0.1) is 0 Å². The lowest BCUT2D eigenvalue weighted by Crippen LogP contribution is -2.37. The lowest BCUT2D eigenvalue weighted by molar-refractivity contribution is -0.132. The second-order valence-corrected chi connectivity index (χ2v) is 6.68. The number of hydrogen-bond acceptors (Lipinski definition) is 6. The summed E-state index contributed by atoms with van der Waals surface area (Å²) in [6.45, 7) is 1.19. The van der Waals surface area contributed by atoms with Crippen LogP contribution in [0.1, 0.15) is 29.9 Å². The van der Waals surface area contributed by atoms with Crippen molar-refractivity contribution < 1.29 is 13.7 Å². The molecule has 1 aliphatic heterocycles. The van der Waals surface area contributed by atoms with Gasteiger partial charge in [-0.25, -0.2) is 0 Å². The Hall–Kier alpha value is -3.16. The van der Waals surface area contributed by atoms with E-state index in [9.17, 15) is 9.59 Å². The van der Waals surface area contributed by atoms with Crippen molar-refractivity contribution in [1.82, 2.24) is 19.6 Å². The molecule has 0 N–H and O–H groups in total. The molecule has 0 bridgehead atoms. The Balaban J connectivity index is 1.31. The lowest BCUT2D eigenvalue weighted by Gasteiger charge is -2.29. The average molecular weight is 368 g/mol. The number of furan rings is 1. The molecule has 4 heterocycles. The number of pyridine rings is 1. The molecule has 0 saturated heterocycles. The summed E-state index contributed by atoms with van der Waals surface area (Å²) in [5, 5.41) is 3.88. The zero-order chi connectivity index (χ0) is 18.8. The smallest absolute Gasteiger partial charge is 0.250 e. The predicted octanol–water partition coefficient (Wildman–Crippen LogP) is 1.94. The number of carbonyl (C=O) groups excluding carboxylic acids is 1. The summed E-state index contributed by atoms with van der Waals surface area (Å²) >= 11 is 0. The van der Waals surface area contributed by atoms with Crippen molar-refractivity contribution >= 4 is 5.91 Å². The molecular weight excluding hydrogens is 348 g/mol. The van der Waals surface area contributed by atoms with Gasteiger partial charge in [0.25, 0.3) is 5.56 Å². The number of carbonyl (C=O) groups is 1. The van der Waals surface area contributed by atoms with E-state index in [1.54, 1.807) is 36.1 Å². The molecule has 3 aromatic rings. The van der Waals surface area contributed by atoms with Gasteiger partial charge in [-0.15, -0.1) is 0 Å². The van der Waals surface area contributed by atoms with Gasteiger partial charge < -0.3 is 18.4 Å². The fraction of sp³-hybridized carbons (Fsp3) is 0.368. The molecule has 0 fully saturated rings. The maximum Gasteiger partial charge on any atom is 0.250 e. The monoisotopic (exact) mass is 368 g/mol. The third-order valence-electron chi connectivity index (χ3n) is 4.76. The minimum absolute atomic E-state index is 0.0120. The summed E-state index contributed by atoms with van der Waals surface area (Å²) in [5.41, 5.74) is 2.07. The highest BCUT2D eigenvalue weighted by Crippen LogP contribution is 2.19. The van der Waals surface area contributed by atoms with E-state index in [4.69, 9.17) is 8.94 Å². The highest BCUT2D eigenvalue weighted by atomic mass is 16.5. The summed E-state index contributed by atoms with van der Waals surface area (Å²) in [7, 11) is 1.73. The Labute approximate surface area is 155 Å². The van der Waals surface area contributed by atoms with Crippen LogP contribution in [0.5, 0.6) is 0 Å². The van der Waals surface area contributed by atoms with Gasteiger partial charge in [0.15, 0.2) is 5.76 Å². The van der Waals surface area contributed by atoms with Crippen molar-refractivity contribution in [2.45, 2.75) is 32.2 Å². The number of rotatable bonds is 5. The maximum atomic E-state index is 12.5. The second kappa shape index (κ2) is 7.22. The maximum absolute atomic E-state index is 12.5. The van der Waals surface area contributed by atoms with Crippen LogP contribution in [0.15, 0.2) is 44.4 Å². The second-order valence-electron chi connectivity index (χ2n) is 6.68. The van der Waals surface area contributed by atoms with Crippen molar-refractivity contribution in [3.05, 3.63) is 58.0 Å². The standard InChI is InChI=1S/C19H20N4O4/c1-22-11-14-12-23(8-7-13(14)10-18(22)25)17(24)6-2-5-16-20-19(21-27-16)15-4-3-9-26-15/h3-4,9-11H,2,5-8,12H2,1H3. The molecule has 4 rings (SSSR count). The molecule has 1 aliphatic rings. The van der Waals surface area contributed by atoms with Gasteiger partial charge in [0.1, 0.15) is 0 Å². The minimum Gasteiger partial charge on any atom is -0.461 e. The molecule has 0 spiro atoms. The number of aromatic nitrogens is 3. The summed E-state index contributed by atoms with van der Waals surface area (Å²) in [4.78, 5) is 30.4. The Morgan fingerprint density at radius 1 is 1.33 bits per heavy atom. The number of hydrogen-bond donors (Lipinski definition) is 0. The van der Waals surface area contributed by atoms with Crippen LogP contribution in [-0.2, 0) is 31.2 Å². The van der Waals surface area contributed by atoms with Gasteiger partial charge in [-0.3, -0.25) is 9.59 Å². The molecule has 8 heteroatoms. The molecule has 3 aromatic heterocycles. The van der Waals surface area contributed by atoms with Crippen molar-refractivity contribution in [3.8, 4) is 11.6 Å². The van der Waals surface area contributed by atoms with E-state index in [1.807, 2.05) is 11.1 Å². The van der Waals surface area contributed by atoms with Crippen LogP contribution in [0.4, 0.5) is 0 Å². The molecule has 0 unspecified atom stereocenters. The third kappa shape index (κ3) is 3.69. The normalized spacial score (nSPS) is 13.6. The van der Waals surface area contributed by atoms with E-state index >= 15 is 0 Å². The van der Waals surface area contributed by atoms with E-state index in [1.165, 1.54) is 0 Å². The first-order chi connectivity index (χ1) is 13.1. The molecule has 0 aliphatic carbocycles. The van der Waals surface area contributed by atoms with Gasteiger partial charge in [-0.2, -0.15) is 4.98 Å². The Kier molecular flexibility index (Phi) is 4.62. The number of fused-ring (bicyclic) bond motifs is 1. The van der Waals surface area contributed by atoms with Gasteiger partial charge in [-0.05, 0) is 36.1 Å². The molecule has 0 aromatic carbocycles. The Bertz CT molecular complexity index is 1000. The molecular formula is C19H20N4O4. The predicted molar refractivity (Wildman–Crippen MR) is 95.7 cm³/mol. The zero-order valence-electron chi connectivity index (χ0n) is 15.1. The van der Waals surface area contributed by atoms with Crippen LogP contribution in [0.25, 0.3) is 11.6 Å². The van der Waals surface area contributed by atoms with Crippen molar-refractivity contribution in [1.29, 1.82) is 0 Å². The summed E-state index contributed by atoms with van der Waals surface area (Å²) in [6, 6.07) is 5.20. The molecule has 0 radical (unpaired) electrons. The molecule has 27 heavy (non-hydrogen) atoms. The van der Waals surface area contributed by atoms with Gasteiger partial charge in [-0.1, -0.05) is 5.16 Å². The SMILES string of the molecule is Cn1cc2c(cc1=O)CCN(C(=O)CCCc1nc(-c3ccco3)no1)C2. The van der Waals surface area contributed by atoms with Crippen LogP contribution < -0.4 is 5.56 Å². The van der Waals surface area contributed by atoms with Crippen molar-refractivity contribution in [3.63, 3.8) is 0 Å². The number of aryl methyl sites for hydroxylation is 2. The highest BCUT2D eigenvalue weighted by molar-refractivity contribution is 5.76. The largest absolute Gasteiger partial charge is 0.461 e. The third-order valence-corrected chi connectivity index (χ3v) is 4.76.